The van der Waals surface area contributed by atoms with Gasteiger partial charge in [-0.15, -0.1) is 0 Å². The highest BCUT2D eigenvalue weighted by molar-refractivity contribution is 7.09. The fraction of sp³-hybridized carbons (Fsp3) is 0.467. The summed E-state index contributed by atoms with van der Waals surface area (Å²) in [5, 5.41) is 4.98. The van der Waals surface area contributed by atoms with Crippen LogP contribution < -0.4 is 11.1 Å². The van der Waals surface area contributed by atoms with Gasteiger partial charge in [-0.3, -0.25) is 0 Å². The number of rotatable bonds is 9. The number of halogens is 1. The van der Waals surface area contributed by atoms with Crippen molar-refractivity contribution in [2.75, 3.05) is 18.4 Å². The SMILES string of the molecule is NCCCCCCNc1nc(Cc2ccc(Cl)cc2)ns1. The predicted octanol–water partition coefficient (Wildman–Crippen LogP) is 3.71. The normalized spacial score (nSPS) is 10.8. The van der Waals surface area contributed by atoms with Crippen molar-refractivity contribution in [1.82, 2.24) is 9.36 Å². The Labute approximate surface area is 134 Å². The van der Waals surface area contributed by atoms with Gasteiger partial charge in [0.2, 0.25) is 5.13 Å². The monoisotopic (exact) mass is 324 g/mol. The van der Waals surface area contributed by atoms with Gasteiger partial charge in [-0.1, -0.05) is 36.6 Å². The van der Waals surface area contributed by atoms with Crippen molar-refractivity contribution in [1.29, 1.82) is 0 Å². The van der Waals surface area contributed by atoms with Crippen LogP contribution in [0.15, 0.2) is 24.3 Å². The van der Waals surface area contributed by atoms with Crippen molar-refractivity contribution < 1.29 is 0 Å². The second-order valence-corrected chi connectivity index (χ2v) is 6.14. The Bertz CT molecular complexity index is 527. The number of nitrogens with one attached hydrogen (secondary N) is 1. The van der Waals surface area contributed by atoms with E-state index in [2.05, 4.69) is 14.7 Å². The van der Waals surface area contributed by atoms with Gasteiger partial charge in [0.05, 0.1) is 0 Å². The molecule has 0 spiro atoms. The number of benzene rings is 1. The lowest BCUT2D eigenvalue weighted by atomic mass is 10.1. The van der Waals surface area contributed by atoms with Gasteiger partial charge in [0.25, 0.3) is 0 Å². The van der Waals surface area contributed by atoms with Crippen molar-refractivity contribution in [3.05, 3.63) is 40.7 Å². The molecule has 0 aliphatic heterocycles. The topological polar surface area (TPSA) is 63.8 Å². The molecule has 6 heteroatoms. The molecule has 114 valence electrons. The zero-order valence-corrected chi connectivity index (χ0v) is 13.6. The Hall–Kier alpha value is -1.17. The number of hydrogen-bond donors (Lipinski definition) is 2. The molecular weight excluding hydrogens is 304 g/mol. The first-order valence-electron chi connectivity index (χ1n) is 7.29. The van der Waals surface area contributed by atoms with Crippen LogP contribution in [0, 0.1) is 0 Å². The number of aromatic nitrogens is 2. The Morgan fingerprint density at radius 2 is 1.86 bits per heavy atom. The predicted molar refractivity (Wildman–Crippen MR) is 90.2 cm³/mol. The third-order valence-electron chi connectivity index (χ3n) is 3.15. The maximum Gasteiger partial charge on any atom is 0.202 e. The van der Waals surface area contributed by atoms with Crippen LogP contribution >= 0.6 is 23.1 Å². The molecule has 0 atom stereocenters. The molecule has 0 fully saturated rings. The summed E-state index contributed by atoms with van der Waals surface area (Å²) in [6.45, 7) is 1.73. The number of hydrogen-bond acceptors (Lipinski definition) is 5. The number of anilines is 1. The van der Waals surface area contributed by atoms with Crippen LogP contribution in [0.25, 0.3) is 0 Å². The Kier molecular flexibility index (Phi) is 6.92. The van der Waals surface area contributed by atoms with Crippen molar-refractivity contribution >= 4 is 28.3 Å². The molecule has 0 saturated heterocycles. The maximum absolute atomic E-state index is 5.88. The highest BCUT2D eigenvalue weighted by Crippen LogP contribution is 2.16. The van der Waals surface area contributed by atoms with E-state index in [1.807, 2.05) is 24.3 Å². The lowest BCUT2D eigenvalue weighted by Crippen LogP contribution is -2.02. The quantitative estimate of drug-likeness (QED) is 0.690. The molecule has 3 N–H and O–H groups in total. The highest BCUT2D eigenvalue weighted by Gasteiger charge is 2.04. The standard InChI is InChI=1S/C15H21ClN4S/c16-13-7-5-12(6-8-13)11-14-19-15(21-20-14)18-10-4-2-1-3-9-17/h5-8H,1-4,9-11,17H2,(H,18,19,20). The van der Waals surface area contributed by atoms with Crippen LogP contribution in [0.2, 0.25) is 5.02 Å². The Morgan fingerprint density at radius 3 is 2.62 bits per heavy atom. The first kappa shape index (κ1) is 16.2. The number of unbranched alkanes of at least 4 members (excludes halogenated alkanes) is 3. The van der Waals surface area contributed by atoms with Crippen LogP contribution in [0.4, 0.5) is 5.13 Å². The second-order valence-electron chi connectivity index (χ2n) is 4.95. The van der Waals surface area contributed by atoms with Gasteiger partial charge in [0, 0.05) is 29.5 Å². The molecule has 2 rings (SSSR count). The fourth-order valence-corrected chi connectivity index (χ4v) is 2.74. The van der Waals surface area contributed by atoms with Crippen LogP contribution in [0.5, 0.6) is 0 Å². The summed E-state index contributed by atoms with van der Waals surface area (Å²) in [5.41, 5.74) is 6.64. The van der Waals surface area contributed by atoms with Gasteiger partial charge in [-0.05, 0) is 37.1 Å². The largest absolute Gasteiger partial charge is 0.360 e. The molecule has 1 aromatic carbocycles. The minimum Gasteiger partial charge on any atom is -0.360 e. The second kappa shape index (κ2) is 8.97. The first-order valence-corrected chi connectivity index (χ1v) is 8.44. The Balaban J connectivity index is 1.72. The summed E-state index contributed by atoms with van der Waals surface area (Å²) in [4.78, 5) is 4.51. The Morgan fingerprint density at radius 1 is 1.10 bits per heavy atom. The first-order chi connectivity index (χ1) is 10.3. The molecule has 0 radical (unpaired) electrons. The molecule has 21 heavy (non-hydrogen) atoms. The summed E-state index contributed by atoms with van der Waals surface area (Å²) >= 11 is 7.30. The van der Waals surface area contributed by atoms with E-state index in [0.717, 1.165) is 48.3 Å². The van der Waals surface area contributed by atoms with Gasteiger partial charge in [0.1, 0.15) is 5.82 Å². The zero-order chi connectivity index (χ0) is 14.9. The molecule has 0 aliphatic rings. The minimum absolute atomic E-state index is 0.742. The van der Waals surface area contributed by atoms with Gasteiger partial charge < -0.3 is 11.1 Å². The molecule has 0 bridgehead atoms. The van der Waals surface area contributed by atoms with Gasteiger partial charge in [0.15, 0.2) is 0 Å². The summed E-state index contributed by atoms with van der Waals surface area (Å²) in [7, 11) is 0. The summed E-state index contributed by atoms with van der Waals surface area (Å²) in [6.07, 6.45) is 5.42. The molecule has 1 aromatic heterocycles. The van der Waals surface area contributed by atoms with Gasteiger partial charge in [-0.25, -0.2) is 4.98 Å². The summed E-state index contributed by atoms with van der Waals surface area (Å²) in [6, 6.07) is 7.80. The third kappa shape index (κ3) is 5.99. The van der Waals surface area contributed by atoms with Crippen molar-refractivity contribution in [3.63, 3.8) is 0 Å². The average Bonchev–Trinajstić information content (AvgIpc) is 2.93. The van der Waals surface area contributed by atoms with Crippen molar-refractivity contribution in [2.45, 2.75) is 32.1 Å². The molecule has 0 saturated carbocycles. The molecule has 0 amide bonds. The minimum atomic E-state index is 0.742. The number of nitrogens with zero attached hydrogens (tertiary/aromatic N) is 2. The van der Waals surface area contributed by atoms with E-state index in [-0.39, 0.29) is 0 Å². The van der Waals surface area contributed by atoms with E-state index < -0.39 is 0 Å². The van der Waals surface area contributed by atoms with Crippen LogP contribution in [-0.4, -0.2) is 22.4 Å². The van der Waals surface area contributed by atoms with Crippen molar-refractivity contribution in [2.24, 2.45) is 5.73 Å². The van der Waals surface area contributed by atoms with Crippen LogP contribution in [-0.2, 0) is 6.42 Å². The van der Waals surface area contributed by atoms with Crippen molar-refractivity contribution in [3.8, 4) is 0 Å². The molecule has 0 unspecified atom stereocenters. The van der Waals surface area contributed by atoms with E-state index in [1.54, 1.807) is 0 Å². The average molecular weight is 325 g/mol. The smallest absolute Gasteiger partial charge is 0.202 e. The lowest BCUT2D eigenvalue weighted by molar-refractivity contribution is 0.661. The van der Waals surface area contributed by atoms with E-state index >= 15 is 0 Å². The molecular formula is C15H21ClN4S. The zero-order valence-electron chi connectivity index (χ0n) is 12.0. The van der Waals surface area contributed by atoms with E-state index in [4.69, 9.17) is 17.3 Å². The van der Waals surface area contributed by atoms with E-state index in [0.29, 0.717) is 0 Å². The van der Waals surface area contributed by atoms with Crippen LogP contribution in [0.1, 0.15) is 37.1 Å². The van der Waals surface area contributed by atoms with Gasteiger partial charge in [-0.2, -0.15) is 4.37 Å². The summed E-state index contributed by atoms with van der Waals surface area (Å²) in [5.74, 6) is 0.855. The third-order valence-corrected chi connectivity index (χ3v) is 4.11. The molecule has 1 heterocycles. The maximum atomic E-state index is 5.88. The molecule has 4 nitrogen and oxygen atoms in total. The molecule has 0 aliphatic carbocycles. The fourth-order valence-electron chi connectivity index (χ4n) is 2.00. The van der Waals surface area contributed by atoms with Crippen LogP contribution in [0.3, 0.4) is 0 Å². The van der Waals surface area contributed by atoms with E-state index in [1.165, 1.54) is 29.9 Å². The summed E-state index contributed by atoms with van der Waals surface area (Å²) < 4.78 is 4.38. The van der Waals surface area contributed by atoms with Gasteiger partial charge >= 0.3 is 0 Å². The highest BCUT2D eigenvalue weighted by atomic mass is 35.5. The molecule has 2 aromatic rings. The lowest BCUT2D eigenvalue weighted by Gasteiger charge is -2.01. The number of nitrogens with two attached hydrogens (primary N) is 1. The van der Waals surface area contributed by atoms with E-state index in [9.17, 15) is 0 Å².